The third kappa shape index (κ3) is 1.48. The predicted molar refractivity (Wildman–Crippen MR) is 63.5 cm³/mol. The van der Waals surface area contributed by atoms with Gasteiger partial charge in [0.2, 0.25) is 5.91 Å². The normalized spacial score (nSPS) is 16.1. The molecule has 0 atom stereocenters. The Balaban J connectivity index is 2.09. The molecule has 1 aliphatic heterocycles. The molecule has 1 fully saturated rings. The molecule has 18 heavy (non-hydrogen) atoms. The van der Waals surface area contributed by atoms with E-state index in [-0.39, 0.29) is 30.1 Å². The lowest BCUT2D eigenvalue weighted by Crippen LogP contribution is -2.51. The largest absolute Gasteiger partial charge is 0.346 e. The molecular weight excluding hydrogens is 236 g/mol. The number of pyridine rings is 1. The van der Waals surface area contributed by atoms with E-state index in [1.54, 1.807) is 24.5 Å². The quantitative estimate of drug-likeness (QED) is 0.746. The van der Waals surface area contributed by atoms with E-state index in [1.807, 2.05) is 0 Å². The molecule has 1 saturated heterocycles. The van der Waals surface area contributed by atoms with Crippen LogP contribution in [0, 0.1) is 0 Å². The molecule has 2 aromatic heterocycles. The second-order valence-electron chi connectivity index (χ2n) is 3.99. The Bertz CT molecular complexity index is 700. The van der Waals surface area contributed by atoms with Crippen molar-refractivity contribution in [1.82, 2.24) is 14.7 Å². The average Bonchev–Trinajstić information content (AvgIpc) is 2.80. The van der Waals surface area contributed by atoms with Gasteiger partial charge in [-0.15, -0.1) is 0 Å². The fourth-order valence-electron chi connectivity index (χ4n) is 2.00. The number of fused-ring (bicyclic) bond motifs is 1. The summed E-state index contributed by atoms with van der Waals surface area (Å²) in [5, 5.41) is 2.19. The fraction of sp³-hybridized carbons (Fsp3) is 0.182. The molecule has 2 N–H and O–H groups in total. The van der Waals surface area contributed by atoms with Crippen molar-refractivity contribution < 1.29 is 9.59 Å². The lowest BCUT2D eigenvalue weighted by atomic mass is 10.2. The molecular formula is C11H10N4O3. The zero-order valence-corrected chi connectivity index (χ0v) is 9.34. The summed E-state index contributed by atoms with van der Waals surface area (Å²) in [4.78, 5) is 39.1. The van der Waals surface area contributed by atoms with Crippen LogP contribution in [0.2, 0.25) is 0 Å². The van der Waals surface area contributed by atoms with Crippen LogP contribution in [-0.4, -0.2) is 27.9 Å². The molecule has 7 nitrogen and oxygen atoms in total. The van der Waals surface area contributed by atoms with Gasteiger partial charge >= 0.3 is 6.03 Å². The molecule has 2 aromatic rings. The number of nitrogens with zero attached hydrogens (tertiary/aromatic N) is 2. The van der Waals surface area contributed by atoms with E-state index in [9.17, 15) is 14.4 Å². The van der Waals surface area contributed by atoms with Gasteiger partial charge in [-0.2, -0.15) is 0 Å². The smallest absolute Gasteiger partial charge is 0.328 e. The molecule has 3 amide bonds. The Morgan fingerprint density at radius 3 is 2.78 bits per heavy atom. The van der Waals surface area contributed by atoms with Gasteiger partial charge in [-0.25, -0.2) is 4.79 Å². The molecule has 0 aliphatic carbocycles. The number of rotatable bonds is 1. The van der Waals surface area contributed by atoms with Crippen molar-refractivity contribution >= 4 is 23.3 Å². The van der Waals surface area contributed by atoms with Crippen molar-refractivity contribution in [3.05, 3.63) is 34.9 Å². The molecule has 7 heteroatoms. The summed E-state index contributed by atoms with van der Waals surface area (Å²) in [5.74, 6) is -0.320. The number of nitrogens with one attached hydrogen (secondary N) is 2. The second kappa shape index (κ2) is 3.73. The number of carbonyl (C=O) groups excluding carboxylic acids is 2. The number of anilines is 1. The van der Waals surface area contributed by atoms with Crippen molar-refractivity contribution in [2.45, 2.75) is 6.42 Å². The van der Waals surface area contributed by atoms with Crippen LogP contribution >= 0.6 is 0 Å². The van der Waals surface area contributed by atoms with Crippen LogP contribution in [0.5, 0.6) is 0 Å². The summed E-state index contributed by atoms with van der Waals surface area (Å²) >= 11 is 0. The maximum Gasteiger partial charge on any atom is 0.328 e. The number of imide groups is 1. The lowest BCUT2D eigenvalue weighted by Gasteiger charge is -2.25. The maximum atomic E-state index is 12.2. The highest BCUT2D eigenvalue weighted by atomic mass is 16.2. The van der Waals surface area contributed by atoms with Gasteiger partial charge in [-0.3, -0.25) is 24.2 Å². The summed E-state index contributed by atoms with van der Waals surface area (Å²) in [6.07, 6.45) is 3.43. The Labute approximate surface area is 101 Å². The first kappa shape index (κ1) is 10.6. The first-order valence-corrected chi connectivity index (χ1v) is 5.47. The Morgan fingerprint density at radius 1 is 1.17 bits per heavy atom. The summed E-state index contributed by atoms with van der Waals surface area (Å²) in [6, 6.07) is 2.73. The van der Waals surface area contributed by atoms with Gasteiger partial charge in [0.05, 0.1) is 0 Å². The topological polar surface area (TPSA) is 86.7 Å². The average molecular weight is 246 g/mol. The van der Waals surface area contributed by atoms with E-state index in [2.05, 4.69) is 10.3 Å². The summed E-state index contributed by atoms with van der Waals surface area (Å²) in [5.41, 5.74) is 0.618. The highest BCUT2D eigenvalue weighted by molar-refractivity contribution is 6.05. The number of urea groups is 1. The molecule has 0 saturated carbocycles. The van der Waals surface area contributed by atoms with E-state index in [0.717, 1.165) is 0 Å². The lowest BCUT2D eigenvalue weighted by molar-refractivity contribution is -0.120. The fourth-order valence-corrected chi connectivity index (χ4v) is 2.00. The standard InChI is InChI=1S/C11H10N4O3/c16-9-3-5-14(11(18)13-9)7-1-2-8-12-4-6-15(8)10(7)17/h1-2,4,6,12H,3,5H2,(H,13,16,18). The van der Waals surface area contributed by atoms with Crippen molar-refractivity contribution in [1.29, 1.82) is 0 Å². The zero-order valence-electron chi connectivity index (χ0n) is 9.34. The van der Waals surface area contributed by atoms with Gasteiger partial charge < -0.3 is 4.98 Å². The van der Waals surface area contributed by atoms with E-state index in [4.69, 9.17) is 0 Å². The summed E-state index contributed by atoms with van der Waals surface area (Å²) < 4.78 is 1.42. The number of imidazole rings is 1. The molecule has 3 heterocycles. The minimum Gasteiger partial charge on any atom is -0.346 e. The molecule has 0 spiro atoms. The molecule has 0 bridgehead atoms. The van der Waals surface area contributed by atoms with Crippen molar-refractivity contribution in [2.75, 3.05) is 11.4 Å². The molecule has 0 radical (unpaired) electrons. The van der Waals surface area contributed by atoms with E-state index in [1.165, 1.54) is 9.30 Å². The van der Waals surface area contributed by atoms with Crippen LogP contribution in [0.1, 0.15) is 6.42 Å². The van der Waals surface area contributed by atoms with Crippen LogP contribution in [-0.2, 0) is 4.79 Å². The minimum absolute atomic E-state index is 0.195. The highest BCUT2D eigenvalue weighted by Crippen LogP contribution is 2.13. The number of hydrogen-bond donors (Lipinski definition) is 2. The third-order valence-electron chi connectivity index (χ3n) is 2.90. The number of aromatic amines is 1. The number of carbonyl (C=O) groups is 2. The Morgan fingerprint density at radius 2 is 2.00 bits per heavy atom. The SMILES string of the molecule is O=C1CCN(c2ccc3[nH]ccn3c2=O)C(=O)N1. The number of H-pyrrole nitrogens is 1. The van der Waals surface area contributed by atoms with Gasteiger partial charge in [0.15, 0.2) is 0 Å². The van der Waals surface area contributed by atoms with Crippen LogP contribution in [0.4, 0.5) is 10.5 Å². The van der Waals surface area contributed by atoms with Gasteiger partial charge in [-0.1, -0.05) is 0 Å². The monoisotopic (exact) mass is 246 g/mol. The number of aromatic nitrogens is 2. The van der Waals surface area contributed by atoms with Gasteiger partial charge in [0, 0.05) is 25.4 Å². The number of amides is 3. The summed E-state index contributed by atoms with van der Waals surface area (Å²) in [7, 11) is 0. The van der Waals surface area contributed by atoms with E-state index in [0.29, 0.717) is 5.65 Å². The maximum absolute atomic E-state index is 12.2. The minimum atomic E-state index is -0.557. The van der Waals surface area contributed by atoms with Gasteiger partial charge in [-0.05, 0) is 12.1 Å². The van der Waals surface area contributed by atoms with Crippen LogP contribution in [0.3, 0.4) is 0 Å². The molecule has 3 rings (SSSR count). The molecule has 1 aliphatic rings. The van der Waals surface area contributed by atoms with E-state index < -0.39 is 6.03 Å². The predicted octanol–water partition coefficient (Wildman–Crippen LogP) is 0.0739. The van der Waals surface area contributed by atoms with Crippen LogP contribution in [0.25, 0.3) is 5.65 Å². The zero-order chi connectivity index (χ0) is 12.7. The highest BCUT2D eigenvalue weighted by Gasteiger charge is 2.26. The van der Waals surface area contributed by atoms with Gasteiger partial charge in [0.1, 0.15) is 11.3 Å². The first-order chi connectivity index (χ1) is 8.66. The van der Waals surface area contributed by atoms with Crippen LogP contribution in [0.15, 0.2) is 29.3 Å². The van der Waals surface area contributed by atoms with Crippen molar-refractivity contribution in [3.63, 3.8) is 0 Å². The molecule has 92 valence electrons. The summed E-state index contributed by atoms with van der Waals surface area (Å²) in [6.45, 7) is 0.219. The molecule has 0 unspecified atom stereocenters. The number of hydrogen-bond acceptors (Lipinski definition) is 3. The molecule has 0 aromatic carbocycles. The van der Waals surface area contributed by atoms with Gasteiger partial charge in [0.25, 0.3) is 5.56 Å². The third-order valence-corrected chi connectivity index (χ3v) is 2.90. The van der Waals surface area contributed by atoms with Crippen molar-refractivity contribution in [2.24, 2.45) is 0 Å². The van der Waals surface area contributed by atoms with E-state index >= 15 is 0 Å². The Kier molecular flexibility index (Phi) is 2.19. The second-order valence-corrected chi connectivity index (χ2v) is 3.99. The first-order valence-electron chi connectivity index (χ1n) is 5.47. The Hall–Kier alpha value is -2.57. The van der Waals surface area contributed by atoms with Crippen LogP contribution < -0.4 is 15.8 Å². The van der Waals surface area contributed by atoms with Crippen molar-refractivity contribution in [3.8, 4) is 0 Å².